The van der Waals surface area contributed by atoms with Crippen LogP contribution in [0.3, 0.4) is 0 Å². The summed E-state index contributed by atoms with van der Waals surface area (Å²) in [6.45, 7) is 0. The average molecular weight is 466 g/mol. The number of halogens is 1. The quantitative estimate of drug-likeness (QED) is 0.320. The molecule has 0 radical (unpaired) electrons. The molecule has 4 aromatic rings. The van der Waals surface area contributed by atoms with Crippen molar-refractivity contribution in [1.82, 2.24) is 14.2 Å². The highest BCUT2D eigenvalue weighted by molar-refractivity contribution is 7.99. The highest BCUT2D eigenvalue weighted by atomic mass is 35.5. The van der Waals surface area contributed by atoms with Crippen molar-refractivity contribution in [2.45, 2.75) is 11.3 Å². The molecule has 0 saturated carbocycles. The van der Waals surface area contributed by atoms with Gasteiger partial charge in [0.05, 0.1) is 27.3 Å². The predicted octanol–water partition coefficient (Wildman–Crippen LogP) is 3.84. The lowest BCUT2D eigenvalue weighted by molar-refractivity contribution is 0.100. The number of aliphatic imine (C=N–C) groups is 1. The molecule has 2 aromatic heterocycles. The van der Waals surface area contributed by atoms with Crippen LogP contribution in [0, 0.1) is 0 Å². The van der Waals surface area contributed by atoms with Crippen LogP contribution in [0.4, 0.5) is 5.82 Å². The van der Waals surface area contributed by atoms with Crippen molar-refractivity contribution in [2.24, 2.45) is 10.7 Å². The van der Waals surface area contributed by atoms with Crippen LogP contribution in [0.5, 0.6) is 0 Å². The molecular formula is C23H20ClN5O2S. The summed E-state index contributed by atoms with van der Waals surface area (Å²) in [6, 6.07) is 19.8. The van der Waals surface area contributed by atoms with E-state index in [0.29, 0.717) is 27.7 Å². The van der Waals surface area contributed by atoms with Gasteiger partial charge in [0.2, 0.25) is 0 Å². The van der Waals surface area contributed by atoms with Crippen molar-refractivity contribution < 1.29 is 9.00 Å². The van der Waals surface area contributed by atoms with E-state index >= 15 is 0 Å². The Bertz CT molecular complexity index is 1410. The van der Waals surface area contributed by atoms with Gasteiger partial charge in [0, 0.05) is 22.5 Å². The summed E-state index contributed by atoms with van der Waals surface area (Å²) < 4.78 is 14.9. The van der Waals surface area contributed by atoms with Crippen LogP contribution >= 0.6 is 11.6 Å². The van der Waals surface area contributed by atoms with Gasteiger partial charge in [-0.1, -0.05) is 41.9 Å². The Morgan fingerprint density at radius 2 is 1.97 bits per heavy atom. The van der Waals surface area contributed by atoms with Gasteiger partial charge in [-0.25, -0.2) is 9.20 Å². The second-order valence-corrected chi connectivity index (χ2v) is 9.62. The minimum atomic E-state index is -2.80. The third-order valence-corrected chi connectivity index (χ3v) is 7.04. The lowest BCUT2D eigenvalue weighted by Gasteiger charge is -2.13. The summed E-state index contributed by atoms with van der Waals surface area (Å²) in [4.78, 5) is 17.1. The van der Waals surface area contributed by atoms with E-state index in [4.69, 9.17) is 17.3 Å². The van der Waals surface area contributed by atoms with Gasteiger partial charge in [0.15, 0.2) is 5.82 Å². The molecule has 1 unspecified atom stereocenters. The first kappa shape index (κ1) is 21.6. The lowest BCUT2D eigenvalue weighted by atomic mass is 10.1. The number of aromatic nitrogens is 3. The number of amides is 1. The molecule has 0 bridgehead atoms. The molecule has 0 spiro atoms. The highest BCUT2D eigenvalue weighted by Gasteiger charge is 2.19. The van der Waals surface area contributed by atoms with E-state index in [1.807, 2.05) is 30.3 Å². The largest absolute Gasteiger partial charge is 0.365 e. The fourth-order valence-electron chi connectivity index (χ4n) is 3.32. The number of carbonyl (C=O) groups is 1. The lowest BCUT2D eigenvalue weighted by Crippen LogP contribution is -2.14. The molecule has 4 rings (SSSR count). The van der Waals surface area contributed by atoms with Crippen molar-refractivity contribution in [3.05, 3.63) is 100 Å². The van der Waals surface area contributed by atoms with Crippen LogP contribution < -0.4 is 5.73 Å². The molecule has 2 heterocycles. The fourth-order valence-corrected chi connectivity index (χ4v) is 5.06. The van der Waals surface area contributed by atoms with Gasteiger partial charge in [-0.3, -0.25) is 13.9 Å². The maximum Gasteiger partial charge on any atom is 0.254 e. The normalized spacial score (nSPS) is 13.3. The number of hydrogen-bond donors (Lipinski definition) is 2. The van der Waals surface area contributed by atoms with Gasteiger partial charge >= 0.3 is 0 Å². The minimum Gasteiger partial charge on any atom is -0.365 e. The van der Waals surface area contributed by atoms with E-state index in [9.17, 15) is 9.00 Å². The Kier molecular flexibility index (Phi) is 5.98. The molecular weight excluding hydrogens is 446 g/mol. The predicted molar refractivity (Wildman–Crippen MR) is 128 cm³/mol. The van der Waals surface area contributed by atoms with E-state index in [-0.39, 0.29) is 11.4 Å². The van der Waals surface area contributed by atoms with Crippen molar-refractivity contribution in [1.29, 1.82) is 0 Å². The van der Waals surface area contributed by atoms with Crippen LogP contribution in [-0.2, 0) is 16.1 Å². The smallest absolute Gasteiger partial charge is 0.254 e. The van der Waals surface area contributed by atoms with Crippen LogP contribution in [0.2, 0.25) is 5.02 Å². The van der Waals surface area contributed by atoms with Crippen molar-refractivity contribution >= 4 is 45.1 Å². The van der Waals surface area contributed by atoms with Gasteiger partial charge < -0.3 is 5.73 Å². The Hall–Kier alpha value is -3.62. The molecule has 32 heavy (non-hydrogen) atoms. The van der Waals surface area contributed by atoms with Gasteiger partial charge in [-0.05, 0) is 47.8 Å². The zero-order valence-corrected chi connectivity index (χ0v) is 18.5. The van der Waals surface area contributed by atoms with E-state index in [2.05, 4.69) is 21.1 Å². The Morgan fingerprint density at radius 1 is 1.19 bits per heavy atom. The van der Waals surface area contributed by atoms with E-state index < -0.39 is 15.6 Å². The van der Waals surface area contributed by atoms with E-state index in [1.54, 1.807) is 46.6 Å². The molecule has 162 valence electrons. The van der Waals surface area contributed by atoms with Crippen molar-refractivity contribution in [3.63, 3.8) is 0 Å². The third-order valence-electron chi connectivity index (χ3n) is 4.83. The molecule has 0 aliphatic carbocycles. The number of nitrogens with one attached hydrogen (secondary N) is 1. The summed E-state index contributed by atoms with van der Waals surface area (Å²) in [5.74, 6) is 3.43. The molecule has 3 N–H and O–H groups in total. The standard InChI is InChI=1S/C23H20ClN5O2S/c1-32(31,19-10-3-2-4-11-19)29-12-6-9-18(29)15-26-23-21(22(25)30)20(27-28-23)14-16-7-5-8-17(24)13-16/h2-13,15H,1,14H2,(H2,25,30)(H,27,28). The zero-order valence-electron chi connectivity index (χ0n) is 16.9. The molecule has 0 saturated heterocycles. The summed E-state index contributed by atoms with van der Waals surface area (Å²) in [6.07, 6.45) is 3.55. The second kappa shape index (κ2) is 8.86. The Labute approximate surface area is 190 Å². The summed E-state index contributed by atoms with van der Waals surface area (Å²) in [5.41, 5.74) is 7.78. The summed E-state index contributed by atoms with van der Waals surface area (Å²) in [5, 5.41) is 7.59. The van der Waals surface area contributed by atoms with Gasteiger partial charge in [0.25, 0.3) is 5.91 Å². The number of carbonyl (C=O) groups excluding carboxylic acids is 1. The number of nitrogens with zero attached hydrogens (tertiary/aromatic N) is 3. The maximum absolute atomic E-state index is 13.4. The molecule has 0 aliphatic heterocycles. The molecule has 2 aromatic carbocycles. The average Bonchev–Trinajstić information content (AvgIpc) is 3.40. The molecule has 0 fully saturated rings. The third kappa shape index (κ3) is 4.37. The minimum absolute atomic E-state index is 0.151. The molecule has 0 aliphatic rings. The first-order chi connectivity index (χ1) is 15.4. The number of nitrogens with two attached hydrogens (primary N) is 1. The molecule has 9 heteroatoms. The fraction of sp³-hybridized carbons (Fsp3) is 0.0435. The SMILES string of the molecule is C=S(=O)(c1ccccc1)n1cccc1C=Nc1n[nH]c(Cc2cccc(Cl)c2)c1C(N)=O. The van der Waals surface area contributed by atoms with Gasteiger partial charge in [-0.15, -0.1) is 0 Å². The van der Waals surface area contributed by atoms with Crippen LogP contribution in [0.1, 0.15) is 27.3 Å². The number of H-pyrrole nitrogens is 1. The van der Waals surface area contributed by atoms with Crippen LogP contribution in [-0.4, -0.2) is 36.4 Å². The number of hydrogen-bond acceptors (Lipinski definition) is 4. The summed E-state index contributed by atoms with van der Waals surface area (Å²) >= 11 is 6.05. The highest BCUT2D eigenvalue weighted by Crippen LogP contribution is 2.23. The van der Waals surface area contributed by atoms with Crippen LogP contribution in [0.15, 0.2) is 82.8 Å². The zero-order chi connectivity index (χ0) is 22.7. The van der Waals surface area contributed by atoms with E-state index in [0.717, 1.165) is 5.56 Å². The number of rotatable bonds is 7. The second-order valence-electron chi connectivity index (χ2n) is 7.04. The monoisotopic (exact) mass is 465 g/mol. The molecule has 7 nitrogen and oxygen atoms in total. The summed E-state index contributed by atoms with van der Waals surface area (Å²) in [7, 11) is -2.80. The van der Waals surface area contributed by atoms with Gasteiger partial charge in [0.1, 0.15) is 5.56 Å². The number of aromatic amines is 1. The Balaban J connectivity index is 1.66. The van der Waals surface area contributed by atoms with Crippen molar-refractivity contribution in [3.8, 4) is 0 Å². The van der Waals surface area contributed by atoms with Crippen molar-refractivity contribution in [2.75, 3.05) is 0 Å². The van der Waals surface area contributed by atoms with E-state index in [1.165, 1.54) is 6.21 Å². The number of benzene rings is 2. The maximum atomic E-state index is 13.4. The Morgan fingerprint density at radius 3 is 2.69 bits per heavy atom. The molecule has 1 atom stereocenters. The molecule has 1 amide bonds. The van der Waals surface area contributed by atoms with Gasteiger partial charge in [-0.2, -0.15) is 5.10 Å². The first-order valence-corrected chi connectivity index (χ1v) is 11.7. The number of primary amides is 1. The topological polar surface area (TPSA) is 106 Å². The van der Waals surface area contributed by atoms with Crippen LogP contribution in [0.25, 0.3) is 0 Å². The first-order valence-electron chi connectivity index (χ1n) is 9.62.